The molecule has 0 fully saturated rings. The summed E-state index contributed by atoms with van der Waals surface area (Å²) in [6.45, 7) is 1.92. The van der Waals surface area contributed by atoms with Gasteiger partial charge in [0.15, 0.2) is 5.82 Å². The molecule has 1 aromatic heterocycles. The zero-order valence-electron chi connectivity index (χ0n) is 9.94. The van der Waals surface area contributed by atoms with Gasteiger partial charge in [-0.25, -0.2) is 4.98 Å². The number of nitrogens with two attached hydrogens (primary N) is 1. The lowest BCUT2D eigenvalue weighted by molar-refractivity contribution is 0.401. The van der Waals surface area contributed by atoms with Crippen molar-refractivity contribution in [3.05, 3.63) is 11.5 Å². The lowest BCUT2D eigenvalue weighted by atomic mass is 10.3. The van der Waals surface area contributed by atoms with Crippen LogP contribution in [0.4, 0.5) is 11.5 Å². The standard InChI is InChI=1S/C10H18ClN5/c1-15(2)5-4-6-16(3)9-8(12)7-13-10(11)14-9/h7H,4-6,12H2,1-3H3. The molecule has 0 radical (unpaired) electrons. The van der Waals surface area contributed by atoms with E-state index in [0.717, 1.165) is 19.5 Å². The second-order valence-corrected chi connectivity index (χ2v) is 4.33. The van der Waals surface area contributed by atoms with Crippen molar-refractivity contribution in [1.82, 2.24) is 14.9 Å². The van der Waals surface area contributed by atoms with Crippen molar-refractivity contribution < 1.29 is 0 Å². The average molecular weight is 244 g/mol. The normalized spacial score (nSPS) is 10.8. The summed E-state index contributed by atoms with van der Waals surface area (Å²) in [7, 11) is 6.05. The molecular weight excluding hydrogens is 226 g/mol. The molecule has 0 aliphatic carbocycles. The molecule has 0 aliphatic heterocycles. The Balaban J connectivity index is 2.58. The second kappa shape index (κ2) is 5.86. The van der Waals surface area contributed by atoms with Gasteiger partial charge in [-0.2, -0.15) is 4.98 Å². The van der Waals surface area contributed by atoms with Crippen LogP contribution >= 0.6 is 11.6 Å². The Labute approximate surface area is 101 Å². The van der Waals surface area contributed by atoms with E-state index in [2.05, 4.69) is 29.0 Å². The molecule has 0 aliphatic rings. The van der Waals surface area contributed by atoms with Gasteiger partial charge in [-0.3, -0.25) is 0 Å². The maximum Gasteiger partial charge on any atom is 0.224 e. The van der Waals surface area contributed by atoms with Gasteiger partial charge in [0.2, 0.25) is 5.28 Å². The minimum absolute atomic E-state index is 0.226. The third kappa shape index (κ3) is 3.83. The van der Waals surface area contributed by atoms with E-state index in [0.29, 0.717) is 11.5 Å². The molecule has 16 heavy (non-hydrogen) atoms. The van der Waals surface area contributed by atoms with Crippen molar-refractivity contribution in [3.63, 3.8) is 0 Å². The molecule has 0 aromatic carbocycles. The minimum atomic E-state index is 0.226. The van der Waals surface area contributed by atoms with Crippen LogP contribution in [0.1, 0.15) is 6.42 Å². The smallest absolute Gasteiger partial charge is 0.224 e. The SMILES string of the molecule is CN(C)CCCN(C)c1nc(Cl)ncc1N. The van der Waals surface area contributed by atoms with Gasteiger partial charge in [0.1, 0.15) is 0 Å². The number of rotatable bonds is 5. The Bertz CT molecular complexity index is 342. The lowest BCUT2D eigenvalue weighted by Gasteiger charge is -2.20. The summed E-state index contributed by atoms with van der Waals surface area (Å²) >= 11 is 5.73. The maximum atomic E-state index is 5.79. The molecule has 90 valence electrons. The molecule has 0 saturated heterocycles. The molecular formula is C10H18ClN5. The highest BCUT2D eigenvalue weighted by molar-refractivity contribution is 6.28. The Kier molecular flexibility index (Phi) is 4.76. The molecule has 0 saturated carbocycles. The largest absolute Gasteiger partial charge is 0.394 e. The van der Waals surface area contributed by atoms with E-state index in [1.807, 2.05) is 11.9 Å². The van der Waals surface area contributed by atoms with Crippen molar-refractivity contribution in [2.75, 3.05) is 44.9 Å². The third-order valence-corrected chi connectivity index (χ3v) is 2.41. The molecule has 1 rings (SSSR count). The summed E-state index contributed by atoms with van der Waals surface area (Å²) in [6.07, 6.45) is 2.58. The quantitative estimate of drug-likeness (QED) is 0.785. The Morgan fingerprint density at radius 1 is 1.31 bits per heavy atom. The van der Waals surface area contributed by atoms with Crippen LogP contribution in [-0.2, 0) is 0 Å². The Morgan fingerprint density at radius 2 is 2.00 bits per heavy atom. The lowest BCUT2D eigenvalue weighted by Crippen LogP contribution is -2.25. The number of hydrogen-bond acceptors (Lipinski definition) is 5. The molecule has 6 heteroatoms. The zero-order valence-corrected chi connectivity index (χ0v) is 10.7. The topological polar surface area (TPSA) is 58.3 Å². The van der Waals surface area contributed by atoms with Crippen molar-refractivity contribution in [2.45, 2.75) is 6.42 Å². The summed E-state index contributed by atoms with van der Waals surface area (Å²) < 4.78 is 0. The average Bonchev–Trinajstić information content (AvgIpc) is 2.21. The first kappa shape index (κ1) is 13.0. The van der Waals surface area contributed by atoms with Gasteiger partial charge in [-0.1, -0.05) is 0 Å². The van der Waals surface area contributed by atoms with Crippen LogP contribution in [-0.4, -0.2) is 49.1 Å². The summed E-state index contributed by atoms with van der Waals surface area (Å²) in [4.78, 5) is 12.1. The van der Waals surface area contributed by atoms with Crippen molar-refractivity contribution in [3.8, 4) is 0 Å². The highest BCUT2D eigenvalue weighted by Crippen LogP contribution is 2.19. The number of aromatic nitrogens is 2. The van der Waals surface area contributed by atoms with E-state index >= 15 is 0 Å². The Morgan fingerprint density at radius 3 is 2.62 bits per heavy atom. The van der Waals surface area contributed by atoms with Crippen LogP contribution < -0.4 is 10.6 Å². The fourth-order valence-corrected chi connectivity index (χ4v) is 1.53. The predicted molar refractivity (Wildman–Crippen MR) is 67.9 cm³/mol. The van der Waals surface area contributed by atoms with Crippen LogP contribution in [0.15, 0.2) is 6.20 Å². The highest BCUT2D eigenvalue weighted by Gasteiger charge is 2.08. The molecule has 1 heterocycles. The van der Waals surface area contributed by atoms with Crippen LogP contribution in [0.5, 0.6) is 0 Å². The van der Waals surface area contributed by atoms with E-state index in [4.69, 9.17) is 17.3 Å². The van der Waals surface area contributed by atoms with Crippen LogP contribution in [0.2, 0.25) is 5.28 Å². The van der Waals surface area contributed by atoms with Gasteiger partial charge in [-0.05, 0) is 38.7 Å². The molecule has 1 aromatic rings. The summed E-state index contributed by atoms with van der Waals surface area (Å²) in [6, 6.07) is 0. The first-order chi connectivity index (χ1) is 7.50. The maximum absolute atomic E-state index is 5.79. The van der Waals surface area contributed by atoms with E-state index in [1.54, 1.807) is 0 Å². The van der Waals surface area contributed by atoms with Crippen molar-refractivity contribution >= 4 is 23.1 Å². The number of anilines is 2. The van der Waals surface area contributed by atoms with Crippen molar-refractivity contribution in [1.29, 1.82) is 0 Å². The van der Waals surface area contributed by atoms with Crippen LogP contribution in [0, 0.1) is 0 Å². The summed E-state index contributed by atoms with van der Waals surface area (Å²) in [5.41, 5.74) is 6.34. The van der Waals surface area contributed by atoms with Gasteiger partial charge < -0.3 is 15.5 Å². The predicted octanol–water partition coefficient (Wildman–Crippen LogP) is 1.10. The first-order valence-corrected chi connectivity index (χ1v) is 5.52. The molecule has 0 spiro atoms. The fraction of sp³-hybridized carbons (Fsp3) is 0.600. The van der Waals surface area contributed by atoms with Crippen LogP contribution in [0.25, 0.3) is 0 Å². The number of nitrogen functional groups attached to an aromatic ring is 1. The van der Waals surface area contributed by atoms with Crippen LogP contribution in [0.3, 0.4) is 0 Å². The van der Waals surface area contributed by atoms with Gasteiger partial charge in [0.05, 0.1) is 11.9 Å². The van der Waals surface area contributed by atoms with E-state index < -0.39 is 0 Å². The van der Waals surface area contributed by atoms with E-state index in [-0.39, 0.29) is 5.28 Å². The molecule has 2 N–H and O–H groups in total. The van der Waals surface area contributed by atoms with Crippen molar-refractivity contribution in [2.24, 2.45) is 0 Å². The fourth-order valence-electron chi connectivity index (χ4n) is 1.40. The molecule has 0 bridgehead atoms. The zero-order chi connectivity index (χ0) is 12.1. The number of hydrogen-bond donors (Lipinski definition) is 1. The third-order valence-electron chi connectivity index (χ3n) is 2.23. The molecule has 0 atom stereocenters. The van der Waals surface area contributed by atoms with E-state index in [1.165, 1.54) is 6.20 Å². The van der Waals surface area contributed by atoms with Gasteiger partial charge in [0.25, 0.3) is 0 Å². The first-order valence-electron chi connectivity index (χ1n) is 5.14. The number of halogens is 1. The number of nitrogens with zero attached hydrogens (tertiary/aromatic N) is 4. The van der Waals surface area contributed by atoms with Gasteiger partial charge >= 0.3 is 0 Å². The van der Waals surface area contributed by atoms with Gasteiger partial charge in [-0.15, -0.1) is 0 Å². The molecule has 5 nitrogen and oxygen atoms in total. The summed E-state index contributed by atoms with van der Waals surface area (Å²) in [5.74, 6) is 0.693. The molecule has 0 amide bonds. The summed E-state index contributed by atoms with van der Waals surface area (Å²) in [5, 5.41) is 0.226. The molecule has 0 unspecified atom stereocenters. The minimum Gasteiger partial charge on any atom is -0.394 e. The Hall–Kier alpha value is -1.07. The monoisotopic (exact) mass is 243 g/mol. The van der Waals surface area contributed by atoms with Gasteiger partial charge in [0, 0.05) is 13.6 Å². The highest BCUT2D eigenvalue weighted by atomic mass is 35.5. The van der Waals surface area contributed by atoms with E-state index in [9.17, 15) is 0 Å². The second-order valence-electron chi connectivity index (χ2n) is 4.00.